The average Bonchev–Trinajstić information content (AvgIpc) is 2.28. The summed E-state index contributed by atoms with van der Waals surface area (Å²) in [5.41, 5.74) is 0.640. The third kappa shape index (κ3) is 0.992. The van der Waals surface area contributed by atoms with Gasteiger partial charge in [-0.1, -0.05) is 0 Å². The Labute approximate surface area is 77.8 Å². The summed E-state index contributed by atoms with van der Waals surface area (Å²) >= 11 is 3.31. The molecule has 0 fully saturated rings. The number of rotatable bonds is 0. The van der Waals surface area contributed by atoms with Gasteiger partial charge in [0.1, 0.15) is 5.52 Å². The van der Waals surface area contributed by atoms with Crippen molar-refractivity contribution in [3.8, 4) is 5.88 Å². The number of hydrogen-bond acceptors (Lipinski definition) is 2. The summed E-state index contributed by atoms with van der Waals surface area (Å²) in [4.78, 5) is 4.08. The molecule has 0 bridgehead atoms. The van der Waals surface area contributed by atoms with E-state index in [0.29, 0.717) is 5.52 Å². The van der Waals surface area contributed by atoms with Gasteiger partial charge in [0.2, 0.25) is 5.88 Å². The quantitative estimate of drug-likeness (QED) is 0.747. The van der Waals surface area contributed by atoms with Crippen LogP contribution in [0.4, 0.5) is 0 Å². The molecule has 0 amide bonds. The van der Waals surface area contributed by atoms with Crippen LogP contribution in [0.25, 0.3) is 10.9 Å². The Morgan fingerprint density at radius 3 is 3.08 bits per heavy atom. The lowest BCUT2D eigenvalue weighted by atomic mass is 10.3. The molecule has 2 rings (SSSR count). The smallest absolute Gasteiger partial charge is 0.218 e. The van der Waals surface area contributed by atoms with E-state index in [9.17, 15) is 5.11 Å². The molecular weight excluding hydrogens is 220 g/mol. The molecule has 0 saturated carbocycles. The summed E-state index contributed by atoms with van der Waals surface area (Å²) in [6.07, 6.45) is 3.50. The maximum atomic E-state index is 9.47. The number of aryl methyl sites for hydroxylation is 1. The molecule has 2 aromatic rings. The van der Waals surface area contributed by atoms with Crippen LogP contribution < -0.4 is 0 Å². The third-order valence-electron chi connectivity index (χ3n) is 1.76. The number of halogens is 1. The maximum absolute atomic E-state index is 9.47. The van der Waals surface area contributed by atoms with Crippen LogP contribution in [0, 0.1) is 0 Å². The van der Waals surface area contributed by atoms with Crippen LogP contribution in [0.2, 0.25) is 0 Å². The first-order valence-corrected chi connectivity index (χ1v) is 4.27. The van der Waals surface area contributed by atoms with Crippen molar-refractivity contribution in [2.24, 2.45) is 7.05 Å². The van der Waals surface area contributed by atoms with Gasteiger partial charge in [0, 0.05) is 29.3 Å². The largest absolute Gasteiger partial charge is 0.493 e. The minimum atomic E-state index is 0.206. The van der Waals surface area contributed by atoms with Crippen molar-refractivity contribution in [3.63, 3.8) is 0 Å². The first kappa shape index (κ1) is 7.61. The van der Waals surface area contributed by atoms with E-state index in [4.69, 9.17) is 0 Å². The molecule has 3 nitrogen and oxygen atoms in total. The van der Waals surface area contributed by atoms with Gasteiger partial charge >= 0.3 is 0 Å². The minimum absolute atomic E-state index is 0.206. The van der Waals surface area contributed by atoms with Crippen LogP contribution in [-0.2, 0) is 7.05 Å². The number of aromatic hydroxyl groups is 1. The van der Waals surface area contributed by atoms with Crippen molar-refractivity contribution in [2.45, 2.75) is 0 Å². The zero-order chi connectivity index (χ0) is 8.72. The SMILES string of the molecule is Cn1cc2cc(Br)cnc2c1O. The standard InChI is InChI=1S/C8H7BrN2O/c1-11-4-5-2-6(9)3-10-7(5)8(11)12/h2-4,12H,1H3. The summed E-state index contributed by atoms with van der Waals surface area (Å²) in [5, 5.41) is 10.4. The maximum Gasteiger partial charge on any atom is 0.218 e. The predicted octanol–water partition coefficient (Wildman–Crippen LogP) is 2.04. The van der Waals surface area contributed by atoms with Gasteiger partial charge in [-0.25, -0.2) is 4.98 Å². The van der Waals surface area contributed by atoms with Gasteiger partial charge in [0.15, 0.2) is 0 Å². The molecule has 0 aliphatic rings. The van der Waals surface area contributed by atoms with E-state index in [0.717, 1.165) is 9.86 Å². The number of hydrogen-bond donors (Lipinski definition) is 1. The Kier molecular flexibility index (Phi) is 1.58. The second-order valence-corrected chi connectivity index (χ2v) is 3.57. The van der Waals surface area contributed by atoms with E-state index >= 15 is 0 Å². The molecule has 62 valence electrons. The molecule has 0 aliphatic heterocycles. The van der Waals surface area contributed by atoms with Crippen molar-refractivity contribution < 1.29 is 5.11 Å². The normalized spacial score (nSPS) is 10.8. The molecule has 2 aromatic heterocycles. The van der Waals surface area contributed by atoms with Crippen molar-refractivity contribution in [3.05, 3.63) is 22.9 Å². The van der Waals surface area contributed by atoms with Gasteiger partial charge in [0.25, 0.3) is 0 Å². The molecule has 1 N–H and O–H groups in total. The molecule has 12 heavy (non-hydrogen) atoms. The predicted molar refractivity (Wildman–Crippen MR) is 50.1 cm³/mol. The van der Waals surface area contributed by atoms with E-state index in [1.165, 1.54) is 0 Å². The van der Waals surface area contributed by atoms with E-state index in [1.54, 1.807) is 17.8 Å². The fourth-order valence-corrected chi connectivity index (χ4v) is 1.53. The van der Waals surface area contributed by atoms with Crippen LogP contribution in [0.3, 0.4) is 0 Å². The number of aromatic nitrogens is 2. The molecule has 0 spiro atoms. The topological polar surface area (TPSA) is 38.0 Å². The summed E-state index contributed by atoms with van der Waals surface area (Å²) < 4.78 is 2.56. The summed E-state index contributed by atoms with van der Waals surface area (Å²) in [5.74, 6) is 0.206. The van der Waals surface area contributed by atoms with Crippen molar-refractivity contribution in [2.75, 3.05) is 0 Å². The second kappa shape index (κ2) is 2.48. The first-order valence-electron chi connectivity index (χ1n) is 3.48. The van der Waals surface area contributed by atoms with Crippen LogP contribution in [-0.4, -0.2) is 14.7 Å². The Bertz CT molecular complexity index is 436. The highest BCUT2D eigenvalue weighted by Crippen LogP contribution is 2.25. The Hall–Kier alpha value is -1.03. The van der Waals surface area contributed by atoms with E-state index < -0.39 is 0 Å². The van der Waals surface area contributed by atoms with Crippen LogP contribution >= 0.6 is 15.9 Å². The molecule has 0 atom stereocenters. The second-order valence-electron chi connectivity index (χ2n) is 2.65. The van der Waals surface area contributed by atoms with Crippen LogP contribution in [0.1, 0.15) is 0 Å². The minimum Gasteiger partial charge on any atom is -0.493 e. The van der Waals surface area contributed by atoms with Gasteiger partial charge in [-0.3, -0.25) is 0 Å². The molecule has 0 saturated heterocycles. The fourth-order valence-electron chi connectivity index (χ4n) is 1.18. The highest BCUT2D eigenvalue weighted by atomic mass is 79.9. The molecule has 0 unspecified atom stereocenters. The molecule has 0 radical (unpaired) electrons. The van der Waals surface area contributed by atoms with E-state index in [2.05, 4.69) is 20.9 Å². The van der Waals surface area contributed by atoms with E-state index in [1.807, 2.05) is 12.3 Å². The Morgan fingerprint density at radius 1 is 1.58 bits per heavy atom. The van der Waals surface area contributed by atoms with Gasteiger partial charge in [-0.2, -0.15) is 0 Å². The van der Waals surface area contributed by atoms with Gasteiger partial charge in [0.05, 0.1) is 0 Å². The zero-order valence-corrected chi connectivity index (χ0v) is 8.04. The molecule has 0 aliphatic carbocycles. The highest BCUT2D eigenvalue weighted by molar-refractivity contribution is 9.10. The number of pyridine rings is 1. The molecular formula is C8H7BrN2O. The van der Waals surface area contributed by atoms with Crippen LogP contribution in [0.5, 0.6) is 5.88 Å². The Morgan fingerprint density at radius 2 is 2.33 bits per heavy atom. The van der Waals surface area contributed by atoms with Gasteiger partial charge < -0.3 is 9.67 Å². The zero-order valence-electron chi connectivity index (χ0n) is 6.45. The number of fused-ring (bicyclic) bond motifs is 1. The van der Waals surface area contributed by atoms with Crippen molar-refractivity contribution >= 4 is 26.8 Å². The van der Waals surface area contributed by atoms with Crippen molar-refractivity contribution in [1.82, 2.24) is 9.55 Å². The van der Waals surface area contributed by atoms with Gasteiger partial charge in [-0.05, 0) is 22.0 Å². The fraction of sp³-hybridized carbons (Fsp3) is 0.125. The lowest BCUT2D eigenvalue weighted by Gasteiger charge is -1.91. The third-order valence-corrected chi connectivity index (χ3v) is 2.20. The first-order chi connectivity index (χ1) is 5.68. The highest BCUT2D eigenvalue weighted by Gasteiger charge is 2.05. The van der Waals surface area contributed by atoms with Gasteiger partial charge in [-0.15, -0.1) is 0 Å². The molecule has 0 aromatic carbocycles. The summed E-state index contributed by atoms with van der Waals surface area (Å²) in [6.45, 7) is 0. The lowest BCUT2D eigenvalue weighted by Crippen LogP contribution is -1.81. The monoisotopic (exact) mass is 226 g/mol. The molecule has 4 heteroatoms. The average molecular weight is 227 g/mol. The van der Waals surface area contributed by atoms with Crippen LogP contribution in [0.15, 0.2) is 22.9 Å². The van der Waals surface area contributed by atoms with E-state index in [-0.39, 0.29) is 5.88 Å². The lowest BCUT2D eigenvalue weighted by molar-refractivity contribution is 0.436. The Balaban J connectivity index is 2.87. The number of nitrogens with zero attached hydrogens (tertiary/aromatic N) is 2. The van der Waals surface area contributed by atoms with Crippen molar-refractivity contribution in [1.29, 1.82) is 0 Å². The summed E-state index contributed by atoms with van der Waals surface area (Å²) in [6, 6.07) is 1.92. The molecule has 2 heterocycles. The summed E-state index contributed by atoms with van der Waals surface area (Å²) in [7, 11) is 1.78.